The largest absolute Gasteiger partial charge is 0.350 e. The first-order valence-corrected chi connectivity index (χ1v) is 6.69. The van der Waals surface area contributed by atoms with E-state index in [1.54, 1.807) is 22.8 Å². The van der Waals surface area contributed by atoms with Crippen LogP contribution in [0.3, 0.4) is 0 Å². The van der Waals surface area contributed by atoms with Gasteiger partial charge in [0.05, 0.1) is 5.52 Å². The van der Waals surface area contributed by atoms with Gasteiger partial charge >= 0.3 is 0 Å². The zero-order valence-electron chi connectivity index (χ0n) is 11.3. The summed E-state index contributed by atoms with van der Waals surface area (Å²) in [6.45, 7) is 0.441. The summed E-state index contributed by atoms with van der Waals surface area (Å²) in [5.74, 6) is -0.491. The van der Waals surface area contributed by atoms with Crippen LogP contribution in [0, 0.1) is 5.82 Å². The third-order valence-corrected chi connectivity index (χ3v) is 3.19. The molecule has 0 aliphatic rings. The topological polar surface area (TPSA) is 46.4 Å². The van der Waals surface area contributed by atoms with E-state index in [4.69, 9.17) is 0 Å². The number of pyridine rings is 1. The summed E-state index contributed by atoms with van der Waals surface area (Å²) < 4.78 is 14.7. The van der Waals surface area contributed by atoms with E-state index in [-0.39, 0.29) is 11.7 Å². The molecule has 0 saturated heterocycles. The van der Waals surface area contributed by atoms with Crippen LogP contribution in [0.1, 0.15) is 16.1 Å². The number of nitrogens with one attached hydrogen (secondary N) is 1. The van der Waals surface area contributed by atoms with Crippen LogP contribution in [0.4, 0.5) is 4.39 Å². The molecular weight excluding hydrogens is 269 g/mol. The highest BCUT2D eigenvalue weighted by molar-refractivity contribution is 5.93. The fraction of sp³-hybridized carbons (Fsp3) is 0.125. The first kappa shape index (κ1) is 13.3. The van der Waals surface area contributed by atoms with E-state index in [2.05, 4.69) is 10.4 Å². The first-order valence-electron chi connectivity index (χ1n) is 6.69. The maximum Gasteiger partial charge on any atom is 0.271 e. The Morgan fingerprint density at radius 3 is 2.90 bits per heavy atom. The summed E-state index contributed by atoms with van der Waals surface area (Å²) in [6, 6.07) is 13.7. The SMILES string of the molecule is O=C(NCCc1cccc(F)c1)c1cc2ccccn2n1. The number of rotatable bonds is 4. The van der Waals surface area contributed by atoms with E-state index in [9.17, 15) is 9.18 Å². The maximum atomic E-state index is 13.0. The van der Waals surface area contributed by atoms with Crippen LogP contribution in [0.15, 0.2) is 54.7 Å². The smallest absolute Gasteiger partial charge is 0.271 e. The van der Waals surface area contributed by atoms with Gasteiger partial charge in [-0.05, 0) is 42.3 Å². The third kappa shape index (κ3) is 3.08. The summed E-state index contributed by atoms with van der Waals surface area (Å²) in [4.78, 5) is 12.0. The molecule has 0 aliphatic carbocycles. The van der Waals surface area contributed by atoms with Gasteiger partial charge in [-0.25, -0.2) is 8.91 Å². The molecule has 0 saturated carbocycles. The molecule has 3 aromatic rings. The summed E-state index contributed by atoms with van der Waals surface area (Å²) in [6.07, 6.45) is 2.37. The van der Waals surface area contributed by atoms with Crippen LogP contribution in [0.5, 0.6) is 0 Å². The quantitative estimate of drug-likeness (QED) is 0.799. The minimum Gasteiger partial charge on any atom is -0.350 e. The van der Waals surface area contributed by atoms with Crippen molar-refractivity contribution in [1.29, 1.82) is 0 Å². The predicted octanol–water partition coefficient (Wildman–Crippen LogP) is 2.45. The van der Waals surface area contributed by atoms with Gasteiger partial charge in [-0.3, -0.25) is 4.79 Å². The van der Waals surface area contributed by atoms with Gasteiger partial charge in [0.15, 0.2) is 5.69 Å². The van der Waals surface area contributed by atoms with Crippen molar-refractivity contribution in [3.05, 3.63) is 71.8 Å². The molecule has 4 nitrogen and oxygen atoms in total. The molecule has 0 atom stereocenters. The number of hydrogen-bond donors (Lipinski definition) is 1. The summed E-state index contributed by atoms with van der Waals surface area (Å²) in [5, 5.41) is 6.99. The van der Waals surface area contributed by atoms with Crippen LogP contribution in [0.2, 0.25) is 0 Å². The van der Waals surface area contributed by atoms with Gasteiger partial charge < -0.3 is 5.32 Å². The third-order valence-electron chi connectivity index (χ3n) is 3.19. The molecule has 1 N–H and O–H groups in total. The Labute approximate surface area is 121 Å². The number of hydrogen-bond acceptors (Lipinski definition) is 2. The standard InChI is InChI=1S/C16H14FN3O/c17-13-5-3-4-12(10-13)7-8-18-16(21)15-11-14-6-1-2-9-20(14)19-15/h1-6,9-11H,7-8H2,(H,18,21). The second-order valence-electron chi connectivity index (χ2n) is 4.74. The van der Waals surface area contributed by atoms with Crippen LogP contribution < -0.4 is 5.32 Å². The number of amides is 1. The lowest BCUT2D eigenvalue weighted by molar-refractivity contribution is 0.0949. The van der Waals surface area contributed by atoms with E-state index in [0.29, 0.717) is 18.7 Å². The molecule has 3 rings (SSSR count). The fourth-order valence-corrected chi connectivity index (χ4v) is 2.15. The molecule has 0 unspecified atom stereocenters. The second-order valence-corrected chi connectivity index (χ2v) is 4.74. The lowest BCUT2D eigenvalue weighted by Gasteiger charge is -2.03. The molecule has 1 aromatic carbocycles. The average molecular weight is 283 g/mol. The van der Waals surface area contributed by atoms with Gasteiger partial charge in [0, 0.05) is 12.7 Å². The molecule has 106 valence electrons. The molecule has 21 heavy (non-hydrogen) atoms. The van der Waals surface area contributed by atoms with Crippen molar-refractivity contribution >= 4 is 11.4 Å². The summed E-state index contributed by atoms with van der Waals surface area (Å²) in [7, 11) is 0. The van der Waals surface area contributed by atoms with Crippen LogP contribution in [-0.2, 0) is 6.42 Å². The van der Waals surface area contributed by atoms with Gasteiger partial charge in [-0.1, -0.05) is 18.2 Å². The number of nitrogens with zero attached hydrogens (tertiary/aromatic N) is 2. The number of carbonyl (C=O) groups is 1. The highest BCUT2D eigenvalue weighted by atomic mass is 19.1. The van der Waals surface area contributed by atoms with Crippen molar-refractivity contribution in [2.24, 2.45) is 0 Å². The van der Waals surface area contributed by atoms with Crippen molar-refractivity contribution in [2.75, 3.05) is 6.54 Å². The van der Waals surface area contributed by atoms with Crippen LogP contribution in [0.25, 0.3) is 5.52 Å². The predicted molar refractivity (Wildman–Crippen MR) is 77.6 cm³/mol. The van der Waals surface area contributed by atoms with Crippen molar-refractivity contribution in [3.8, 4) is 0 Å². The number of benzene rings is 1. The molecule has 0 spiro atoms. The van der Waals surface area contributed by atoms with Crippen molar-refractivity contribution in [1.82, 2.24) is 14.9 Å². The summed E-state index contributed by atoms with van der Waals surface area (Å²) >= 11 is 0. The Hall–Kier alpha value is -2.69. The van der Waals surface area contributed by atoms with Gasteiger partial charge in [0.25, 0.3) is 5.91 Å². The summed E-state index contributed by atoms with van der Waals surface area (Å²) in [5.41, 5.74) is 2.10. The molecule has 0 aliphatic heterocycles. The van der Waals surface area contributed by atoms with Gasteiger partial charge in [0.2, 0.25) is 0 Å². The maximum absolute atomic E-state index is 13.0. The minimum atomic E-state index is -0.265. The van der Waals surface area contributed by atoms with E-state index < -0.39 is 0 Å². The van der Waals surface area contributed by atoms with Crippen molar-refractivity contribution in [2.45, 2.75) is 6.42 Å². The van der Waals surface area contributed by atoms with E-state index in [0.717, 1.165) is 11.1 Å². The van der Waals surface area contributed by atoms with Crippen LogP contribution in [-0.4, -0.2) is 22.1 Å². The zero-order chi connectivity index (χ0) is 14.7. The molecule has 5 heteroatoms. The number of carbonyl (C=O) groups excluding carboxylic acids is 1. The lowest BCUT2D eigenvalue weighted by Crippen LogP contribution is -2.26. The lowest BCUT2D eigenvalue weighted by atomic mass is 10.1. The molecule has 0 radical (unpaired) electrons. The Morgan fingerprint density at radius 1 is 1.19 bits per heavy atom. The normalized spacial score (nSPS) is 10.7. The molecule has 2 aromatic heterocycles. The molecule has 0 bridgehead atoms. The van der Waals surface area contributed by atoms with E-state index in [1.807, 2.05) is 24.3 Å². The van der Waals surface area contributed by atoms with Crippen molar-refractivity contribution in [3.63, 3.8) is 0 Å². The number of aromatic nitrogens is 2. The number of fused-ring (bicyclic) bond motifs is 1. The number of halogens is 1. The fourth-order valence-electron chi connectivity index (χ4n) is 2.15. The van der Waals surface area contributed by atoms with Gasteiger partial charge in [-0.15, -0.1) is 0 Å². The van der Waals surface area contributed by atoms with E-state index in [1.165, 1.54) is 12.1 Å². The molecule has 2 heterocycles. The Balaban J connectivity index is 1.61. The highest BCUT2D eigenvalue weighted by Gasteiger charge is 2.09. The monoisotopic (exact) mass is 283 g/mol. The van der Waals surface area contributed by atoms with Crippen LogP contribution >= 0.6 is 0 Å². The Kier molecular flexibility index (Phi) is 3.64. The Bertz CT molecular complexity index is 749. The van der Waals surface area contributed by atoms with E-state index >= 15 is 0 Å². The minimum absolute atomic E-state index is 0.227. The highest BCUT2D eigenvalue weighted by Crippen LogP contribution is 2.06. The second kappa shape index (κ2) is 5.75. The van der Waals surface area contributed by atoms with Crippen molar-refractivity contribution < 1.29 is 9.18 Å². The Morgan fingerprint density at radius 2 is 2.10 bits per heavy atom. The van der Waals surface area contributed by atoms with Gasteiger partial charge in [0.1, 0.15) is 5.82 Å². The van der Waals surface area contributed by atoms with Gasteiger partial charge in [-0.2, -0.15) is 5.10 Å². The molecule has 1 amide bonds. The molecule has 0 fully saturated rings. The zero-order valence-corrected chi connectivity index (χ0v) is 11.3. The molecular formula is C16H14FN3O. The average Bonchev–Trinajstić information content (AvgIpc) is 2.91. The first-order chi connectivity index (χ1) is 10.2.